The lowest BCUT2D eigenvalue weighted by molar-refractivity contribution is 0.190. The number of hydrogen-bond acceptors (Lipinski definition) is 6. The van der Waals surface area contributed by atoms with Crippen molar-refractivity contribution in [2.45, 2.75) is 20.8 Å². The molecule has 156 valence electrons. The highest BCUT2D eigenvalue weighted by Gasteiger charge is 2.20. The van der Waals surface area contributed by atoms with Crippen LogP contribution in [0, 0.1) is 20.8 Å². The first kappa shape index (κ1) is 21.1. The topological polar surface area (TPSA) is 61.1 Å². The van der Waals surface area contributed by atoms with E-state index in [0.717, 1.165) is 58.4 Å². The van der Waals surface area contributed by atoms with Gasteiger partial charge in [-0.05, 0) is 44.0 Å². The lowest BCUT2D eigenvalue weighted by Gasteiger charge is -2.25. The molecule has 7 nitrogen and oxygen atoms in total. The van der Waals surface area contributed by atoms with Gasteiger partial charge in [-0.25, -0.2) is 4.98 Å². The molecule has 0 fully saturated rings. The van der Waals surface area contributed by atoms with Crippen LogP contribution in [0.3, 0.4) is 0 Å². The van der Waals surface area contributed by atoms with E-state index in [0.29, 0.717) is 13.2 Å². The average molecular weight is 399 g/mol. The zero-order valence-corrected chi connectivity index (χ0v) is 18.2. The van der Waals surface area contributed by atoms with Crippen molar-refractivity contribution in [2.24, 2.45) is 0 Å². The number of fused-ring (bicyclic) bond motifs is 1. The van der Waals surface area contributed by atoms with Crippen LogP contribution in [0.5, 0.6) is 5.75 Å². The van der Waals surface area contributed by atoms with Crippen molar-refractivity contribution in [3.05, 3.63) is 41.2 Å². The maximum absolute atomic E-state index is 5.36. The first-order chi connectivity index (χ1) is 14.0. The van der Waals surface area contributed by atoms with Crippen LogP contribution < -0.4 is 9.64 Å². The number of benzene rings is 1. The summed E-state index contributed by atoms with van der Waals surface area (Å²) in [6.45, 7) is 8.86. The molecule has 0 atom stereocenters. The van der Waals surface area contributed by atoms with Crippen LogP contribution in [-0.2, 0) is 9.47 Å². The molecule has 0 N–H and O–H groups in total. The fraction of sp³-hybridized carbons (Fsp3) is 0.455. The van der Waals surface area contributed by atoms with Gasteiger partial charge in [0.2, 0.25) is 0 Å². The van der Waals surface area contributed by atoms with E-state index in [-0.39, 0.29) is 0 Å². The van der Waals surface area contributed by atoms with Crippen LogP contribution in [-0.4, -0.2) is 62.2 Å². The first-order valence-electron chi connectivity index (χ1n) is 9.75. The van der Waals surface area contributed by atoms with Crippen LogP contribution in [0.1, 0.15) is 17.0 Å². The number of aryl methyl sites for hydroxylation is 3. The third-order valence-corrected chi connectivity index (χ3v) is 5.03. The second-order valence-electron chi connectivity index (χ2n) is 7.11. The Morgan fingerprint density at radius 1 is 0.966 bits per heavy atom. The molecule has 1 aromatic carbocycles. The summed E-state index contributed by atoms with van der Waals surface area (Å²) in [6, 6.07) is 8.16. The number of hydrogen-bond donors (Lipinski definition) is 0. The fourth-order valence-corrected chi connectivity index (χ4v) is 3.55. The summed E-state index contributed by atoms with van der Waals surface area (Å²) in [5.41, 5.74) is 6.03. The van der Waals surface area contributed by atoms with Gasteiger partial charge in [0, 0.05) is 44.6 Å². The van der Waals surface area contributed by atoms with Gasteiger partial charge in [0.1, 0.15) is 11.6 Å². The number of methoxy groups -OCH3 is 3. The molecule has 0 saturated carbocycles. The molecule has 0 aliphatic heterocycles. The molecule has 0 aliphatic rings. The lowest BCUT2D eigenvalue weighted by atomic mass is 10.0. The van der Waals surface area contributed by atoms with E-state index in [2.05, 4.69) is 24.0 Å². The second-order valence-corrected chi connectivity index (χ2v) is 7.11. The average Bonchev–Trinajstić information content (AvgIpc) is 3.03. The summed E-state index contributed by atoms with van der Waals surface area (Å²) in [7, 11) is 5.11. The number of anilines is 1. The Morgan fingerprint density at radius 3 is 2.24 bits per heavy atom. The van der Waals surface area contributed by atoms with Gasteiger partial charge >= 0.3 is 0 Å². The Hall–Kier alpha value is -2.64. The van der Waals surface area contributed by atoms with Crippen molar-refractivity contribution < 1.29 is 14.2 Å². The first-order valence-corrected chi connectivity index (χ1v) is 9.75. The Kier molecular flexibility index (Phi) is 6.71. The lowest BCUT2D eigenvalue weighted by Crippen LogP contribution is -2.32. The largest absolute Gasteiger partial charge is 0.497 e. The van der Waals surface area contributed by atoms with E-state index in [9.17, 15) is 0 Å². The number of rotatable bonds is 9. The Bertz CT molecular complexity index is 976. The highest BCUT2D eigenvalue weighted by atomic mass is 16.5. The van der Waals surface area contributed by atoms with Gasteiger partial charge < -0.3 is 19.1 Å². The summed E-state index contributed by atoms with van der Waals surface area (Å²) in [5, 5.41) is 4.85. The van der Waals surface area contributed by atoms with Crippen molar-refractivity contribution in [2.75, 3.05) is 52.5 Å². The molecular weight excluding hydrogens is 368 g/mol. The minimum Gasteiger partial charge on any atom is -0.497 e. The van der Waals surface area contributed by atoms with E-state index >= 15 is 0 Å². The minimum absolute atomic E-state index is 0.622. The molecular formula is C22H30N4O3. The van der Waals surface area contributed by atoms with Gasteiger partial charge in [0.05, 0.1) is 26.0 Å². The monoisotopic (exact) mass is 398 g/mol. The molecule has 0 saturated heterocycles. The van der Waals surface area contributed by atoms with Crippen LogP contribution in [0.4, 0.5) is 5.82 Å². The predicted octanol–water partition coefficient (Wildman–Crippen LogP) is 3.43. The molecule has 0 aliphatic carbocycles. The number of aromatic nitrogens is 3. The quantitative estimate of drug-likeness (QED) is 0.550. The fourth-order valence-electron chi connectivity index (χ4n) is 3.55. The summed E-state index contributed by atoms with van der Waals surface area (Å²) < 4.78 is 17.9. The van der Waals surface area contributed by atoms with Crippen LogP contribution in [0.15, 0.2) is 24.3 Å². The minimum atomic E-state index is 0.622. The molecule has 3 aromatic rings. The summed E-state index contributed by atoms with van der Waals surface area (Å²) in [6.07, 6.45) is 0. The zero-order chi connectivity index (χ0) is 21.0. The second kappa shape index (κ2) is 9.24. The van der Waals surface area contributed by atoms with E-state index < -0.39 is 0 Å². The Balaban J connectivity index is 2.17. The van der Waals surface area contributed by atoms with Gasteiger partial charge in [-0.1, -0.05) is 6.07 Å². The van der Waals surface area contributed by atoms with E-state index in [1.54, 1.807) is 21.3 Å². The highest BCUT2D eigenvalue weighted by molar-refractivity contribution is 5.83. The predicted molar refractivity (Wildman–Crippen MR) is 115 cm³/mol. The van der Waals surface area contributed by atoms with Gasteiger partial charge in [-0.15, -0.1) is 0 Å². The normalized spacial score (nSPS) is 11.2. The van der Waals surface area contributed by atoms with Crippen molar-refractivity contribution in [3.8, 4) is 16.9 Å². The van der Waals surface area contributed by atoms with E-state index in [1.165, 1.54) is 0 Å². The summed E-state index contributed by atoms with van der Waals surface area (Å²) in [5.74, 6) is 1.83. The molecule has 2 aromatic heterocycles. The molecule has 0 spiro atoms. The third kappa shape index (κ3) is 4.36. The molecule has 29 heavy (non-hydrogen) atoms. The highest BCUT2D eigenvalue weighted by Crippen LogP contribution is 2.33. The molecule has 0 amide bonds. The van der Waals surface area contributed by atoms with Crippen molar-refractivity contribution in [1.82, 2.24) is 14.6 Å². The summed E-state index contributed by atoms with van der Waals surface area (Å²) >= 11 is 0. The molecule has 2 heterocycles. The van der Waals surface area contributed by atoms with Crippen molar-refractivity contribution in [1.29, 1.82) is 0 Å². The third-order valence-electron chi connectivity index (χ3n) is 5.03. The van der Waals surface area contributed by atoms with E-state index in [4.69, 9.17) is 24.3 Å². The van der Waals surface area contributed by atoms with Gasteiger partial charge in [-0.2, -0.15) is 9.61 Å². The van der Waals surface area contributed by atoms with Gasteiger partial charge in [0.25, 0.3) is 0 Å². The maximum atomic E-state index is 5.36. The Morgan fingerprint density at radius 2 is 1.66 bits per heavy atom. The smallest absolute Gasteiger partial charge is 0.165 e. The summed E-state index contributed by atoms with van der Waals surface area (Å²) in [4.78, 5) is 7.07. The SMILES string of the molecule is COCCN(CCOC)c1cc(C)nc2c(-c3ccc(OC)cc3C)c(C)nn12. The number of nitrogens with zero attached hydrogens (tertiary/aromatic N) is 4. The maximum Gasteiger partial charge on any atom is 0.165 e. The molecule has 3 rings (SSSR count). The molecule has 0 radical (unpaired) electrons. The van der Waals surface area contributed by atoms with Crippen LogP contribution >= 0.6 is 0 Å². The van der Waals surface area contributed by atoms with Crippen LogP contribution in [0.25, 0.3) is 16.8 Å². The molecule has 7 heteroatoms. The Labute approximate surface area is 172 Å². The van der Waals surface area contributed by atoms with Gasteiger partial charge in [-0.3, -0.25) is 0 Å². The number of ether oxygens (including phenoxy) is 3. The van der Waals surface area contributed by atoms with E-state index in [1.807, 2.05) is 30.5 Å². The van der Waals surface area contributed by atoms with Crippen molar-refractivity contribution >= 4 is 11.5 Å². The molecule has 0 unspecified atom stereocenters. The standard InChI is InChI=1S/C22H30N4O3/c1-15-13-18(29-6)7-8-19(15)21-17(3)24-26-20(14-16(2)23-22(21)26)25(9-11-27-4)10-12-28-5/h7-8,13-14H,9-12H2,1-6H3. The zero-order valence-electron chi connectivity index (χ0n) is 18.2. The van der Waals surface area contributed by atoms with Crippen molar-refractivity contribution in [3.63, 3.8) is 0 Å². The van der Waals surface area contributed by atoms with Gasteiger partial charge in [0.15, 0.2) is 5.65 Å². The molecule has 0 bridgehead atoms. The van der Waals surface area contributed by atoms with Crippen LogP contribution in [0.2, 0.25) is 0 Å².